The molecule has 3 rings (SSSR count). The number of hydrogen-bond acceptors (Lipinski definition) is 5. The predicted octanol–water partition coefficient (Wildman–Crippen LogP) is 3.92. The minimum Gasteiger partial charge on any atom is -0.494 e. The van der Waals surface area contributed by atoms with Crippen molar-refractivity contribution >= 4 is 26.7 Å². The Balaban J connectivity index is 1.45. The van der Waals surface area contributed by atoms with Gasteiger partial charge in [0.2, 0.25) is 0 Å². The van der Waals surface area contributed by atoms with Gasteiger partial charge in [0.15, 0.2) is 5.13 Å². The molecule has 1 aromatic carbocycles. The number of benzene rings is 1. The molecule has 0 aliphatic heterocycles. The van der Waals surface area contributed by atoms with Gasteiger partial charge >= 0.3 is 0 Å². The van der Waals surface area contributed by atoms with E-state index in [2.05, 4.69) is 16.4 Å². The first-order valence-corrected chi connectivity index (χ1v) is 8.52. The van der Waals surface area contributed by atoms with Crippen molar-refractivity contribution in [2.45, 2.75) is 26.2 Å². The maximum atomic E-state index is 5.62. The summed E-state index contributed by atoms with van der Waals surface area (Å²) in [5, 5.41) is 4.35. The molecule has 114 valence electrons. The van der Waals surface area contributed by atoms with E-state index in [0.29, 0.717) is 6.61 Å². The molecule has 0 unspecified atom stereocenters. The highest BCUT2D eigenvalue weighted by Gasteiger charge is 2.20. The highest BCUT2D eigenvalue weighted by atomic mass is 32.1. The molecule has 1 aromatic heterocycles. The van der Waals surface area contributed by atoms with Crippen molar-refractivity contribution in [1.29, 1.82) is 0 Å². The molecule has 0 amide bonds. The fourth-order valence-electron chi connectivity index (χ4n) is 2.14. The first kappa shape index (κ1) is 14.6. The number of ether oxygens (including phenoxy) is 2. The molecule has 1 fully saturated rings. The van der Waals surface area contributed by atoms with Crippen LogP contribution in [0.25, 0.3) is 10.2 Å². The van der Waals surface area contributed by atoms with E-state index in [1.807, 2.05) is 19.1 Å². The summed E-state index contributed by atoms with van der Waals surface area (Å²) in [4.78, 5) is 4.58. The lowest BCUT2D eigenvalue weighted by Gasteiger charge is -2.03. The zero-order valence-corrected chi connectivity index (χ0v) is 13.2. The number of thiazole rings is 1. The lowest BCUT2D eigenvalue weighted by atomic mass is 10.3. The van der Waals surface area contributed by atoms with Gasteiger partial charge in [-0.25, -0.2) is 4.98 Å². The molecule has 21 heavy (non-hydrogen) atoms. The van der Waals surface area contributed by atoms with Gasteiger partial charge in [-0.3, -0.25) is 0 Å². The van der Waals surface area contributed by atoms with Gasteiger partial charge in [0.25, 0.3) is 0 Å². The van der Waals surface area contributed by atoms with Crippen LogP contribution in [0.15, 0.2) is 18.2 Å². The summed E-state index contributed by atoms with van der Waals surface area (Å²) in [6.45, 7) is 5.37. The quantitative estimate of drug-likeness (QED) is 0.713. The van der Waals surface area contributed by atoms with Crippen LogP contribution < -0.4 is 10.1 Å². The van der Waals surface area contributed by atoms with E-state index in [4.69, 9.17) is 9.47 Å². The van der Waals surface area contributed by atoms with Crippen LogP contribution in [-0.4, -0.2) is 31.3 Å². The normalized spacial score (nSPS) is 14.5. The van der Waals surface area contributed by atoms with Crippen LogP contribution in [-0.2, 0) is 4.74 Å². The molecular weight excluding hydrogens is 284 g/mol. The highest BCUT2D eigenvalue weighted by Crippen LogP contribution is 2.29. The summed E-state index contributed by atoms with van der Waals surface area (Å²) in [7, 11) is 0. The summed E-state index contributed by atoms with van der Waals surface area (Å²) in [5.41, 5.74) is 1.02. The molecule has 1 N–H and O–H groups in total. The van der Waals surface area contributed by atoms with Gasteiger partial charge in [0.1, 0.15) is 5.75 Å². The zero-order chi connectivity index (χ0) is 14.5. The Hall–Kier alpha value is -1.33. The van der Waals surface area contributed by atoms with Crippen LogP contribution in [0.1, 0.15) is 26.2 Å². The van der Waals surface area contributed by atoms with Crippen LogP contribution in [0, 0.1) is 5.92 Å². The van der Waals surface area contributed by atoms with Crippen molar-refractivity contribution in [3.05, 3.63) is 18.2 Å². The van der Waals surface area contributed by atoms with Crippen molar-refractivity contribution in [1.82, 2.24) is 4.98 Å². The monoisotopic (exact) mass is 306 g/mol. The third kappa shape index (κ3) is 4.32. The third-order valence-electron chi connectivity index (χ3n) is 3.46. The average Bonchev–Trinajstić information content (AvgIpc) is 3.21. The number of rotatable bonds is 9. The Labute approximate surface area is 129 Å². The highest BCUT2D eigenvalue weighted by molar-refractivity contribution is 7.22. The van der Waals surface area contributed by atoms with E-state index in [1.165, 1.54) is 12.8 Å². The maximum absolute atomic E-state index is 5.62. The molecule has 0 radical (unpaired) electrons. The second kappa shape index (κ2) is 7.09. The summed E-state index contributed by atoms with van der Waals surface area (Å²) < 4.78 is 12.3. The predicted molar refractivity (Wildman–Crippen MR) is 87.4 cm³/mol. The van der Waals surface area contributed by atoms with Gasteiger partial charge in [0.05, 0.1) is 16.8 Å². The van der Waals surface area contributed by atoms with E-state index in [0.717, 1.165) is 53.2 Å². The third-order valence-corrected chi connectivity index (χ3v) is 4.44. The molecule has 0 saturated heterocycles. The second-order valence-electron chi connectivity index (χ2n) is 5.38. The lowest BCUT2D eigenvalue weighted by Crippen LogP contribution is -2.06. The molecule has 1 saturated carbocycles. The number of fused-ring (bicyclic) bond motifs is 1. The number of nitrogens with zero attached hydrogens (tertiary/aromatic N) is 1. The SMILES string of the molecule is CCOc1ccc2nc(NCCCOCC3CC3)sc2c1. The Morgan fingerprint density at radius 3 is 3.10 bits per heavy atom. The summed E-state index contributed by atoms with van der Waals surface area (Å²) in [6.07, 6.45) is 3.73. The number of anilines is 1. The van der Waals surface area contributed by atoms with Crippen LogP contribution >= 0.6 is 11.3 Å². The topological polar surface area (TPSA) is 43.4 Å². The van der Waals surface area contributed by atoms with Crippen molar-refractivity contribution < 1.29 is 9.47 Å². The molecule has 1 aliphatic carbocycles. The zero-order valence-electron chi connectivity index (χ0n) is 12.4. The Morgan fingerprint density at radius 1 is 1.38 bits per heavy atom. The minimum atomic E-state index is 0.691. The van der Waals surface area contributed by atoms with Crippen molar-refractivity contribution in [2.24, 2.45) is 5.92 Å². The largest absolute Gasteiger partial charge is 0.494 e. The smallest absolute Gasteiger partial charge is 0.183 e. The Morgan fingerprint density at radius 2 is 2.29 bits per heavy atom. The van der Waals surface area contributed by atoms with E-state index in [1.54, 1.807) is 11.3 Å². The fourth-order valence-corrected chi connectivity index (χ4v) is 3.06. The standard InChI is InChI=1S/C16H22N2O2S/c1-2-20-13-6-7-14-15(10-13)21-16(18-14)17-8-3-9-19-11-12-4-5-12/h6-7,10,12H,2-5,8-9,11H2,1H3,(H,17,18). The van der Waals surface area contributed by atoms with E-state index < -0.39 is 0 Å². The average molecular weight is 306 g/mol. The second-order valence-corrected chi connectivity index (χ2v) is 6.41. The van der Waals surface area contributed by atoms with E-state index in [-0.39, 0.29) is 0 Å². The van der Waals surface area contributed by atoms with E-state index in [9.17, 15) is 0 Å². The van der Waals surface area contributed by atoms with Crippen molar-refractivity contribution in [3.8, 4) is 5.75 Å². The Kier molecular flexibility index (Phi) is 4.93. The van der Waals surface area contributed by atoms with Crippen molar-refractivity contribution in [2.75, 3.05) is 31.7 Å². The van der Waals surface area contributed by atoms with Crippen LogP contribution in [0.3, 0.4) is 0 Å². The summed E-state index contributed by atoms with van der Waals surface area (Å²) in [5.74, 6) is 1.76. The van der Waals surface area contributed by atoms with Crippen LogP contribution in [0.4, 0.5) is 5.13 Å². The summed E-state index contributed by atoms with van der Waals surface area (Å²) in [6, 6.07) is 6.04. The molecule has 2 aromatic rings. The Bertz CT molecular complexity index is 581. The van der Waals surface area contributed by atoms with Gasteiger partial charge in [-0.05, 0) is 50.3 Å². The molecule has 0 spiro atoms. The lowest BCUT2D eigenvalue weighted by molar-refractivity contribution is 0.124. The first-order valence-electron chi connectivity index (χ1n) is 7.70. The van der Waals surface area contributed by atoms with E-state index >= 15 is 0 Å². The van der Waals surface area contributed by atoms with Crippen LogP contribution in [0.5, 0.6) is 5.75 Å². The molecular formula is C16H22N2O2S. The van der Waals surface area contributed by atoms with Gasteiger partial charge in [-0.1, -0.05) is 11.3 Å². The molecule has 0 bridgehead atoms. The molecule has 5 heteroatoms. The van der Waals surface area contributed by atoms with Crippen molar-refractivity contribution in [3.63, 3.8) is 0 Å². The number of aromatic nitrogens is 1. The molecule has 1 heterocycles. The first-order chi connectivity index (χ1) is 10.3. The van der Waals surface area contributed by atoms with Gasteiger partial charge in [-0.2, -0.15) is 0 Å². The molecule has 1 aliphatic rings. The fraction of sp³-hybridized carbons (Fsp3) is 0.562. The number of nitrogens with one attached hydrogen (secondary N) is 1. The number of hydrogen-bond donors (Lipinski definition) is 1. The summed E-state index contributed by atoms with van der Waals surface area (Å²) >= 11 is 1.67. The minimum absolute atomic E-state index is 0.691. The van der Waals surface area contributed by atoms with Gasteiger partial charge < -0.3 is 14.8 Å². The maximum Gasteiger partial charge on any atom is 0.183 e. The molecule has 4 nitrogen and oxygen atoms in total. The van der Waals surface area contributed by atoms with Crippen LogP contribution in [0.2, 0.25) is 0 Å². The van der Waals surface area contributed by atoms with Gasteiger partial charge in [0, 0.05) is 19.8 Å². The molecule has 0 atom stereocenters. The van der Waals surface area contributed by atoms with Gasteiger partial charge in [-0.15, -0.1) is 0 Å².